The van der Waals surface area contributed by atoms with E-state index in [0.717, 1.165) is 17.5 Å². The highest BCUT2D eigenvalue weighted by molar-refractivity contribution is 5.96. The van der Waals surface area contributed by atoms with Crippen LogP contribution in [-0.2, 0) is 12.8 Å². The van der Waals surface area contributed by atoms with Crippen LogP contribution < -0.4 is 5.69 Å². The molecule has 2 aromatic heterocycles. The zero-order chi connectivity index (χ0) is 12.1. The Balaban J connectivity index is 2.18. The molecule has 1 aliphatic carbocycles. The molecule has 1 N–H and O–H groups in total. The number of fused-ring (bicyclic) bond motifs is 5. The number of aromatic amines is 1. The summed E-state index contributed by atoms with van der Waals surface area (Å²) in [7, 11) is 0. The van der Waals surface area contributed by atoms with Gasteiger partial charge in [-0.1, -0.05) is 12.1 Å². The van der Waals surface area contributed by atoms with Crippen LogP contribution in [0.3, 0.4) is 0 Å². The average Bonchev–Trinajstić information content (AvgIpc) is 2.80. The van der Waals surface area contributed by atoms with Crippen LogP contribution in [0.1, 0.15) is 24.0 Å². The molecule has 4 rings (SSSR count). The molecular weight excluding hydrogens is 226 g/mol. The molecule has 0 atom stereocenters. The molecule has 1 aliphatic rings. The van der Waals surface area contributed by atoms with Crippen molar-refractivity contribution >= 4 is 16.4 Å². The minimum atomic E-state index is -0.176. The third-order valence-electron chi connectivity index (χ3n) is 3.91. The third kappa shape index (κ3) is 1.20. The van der Waals surface area contributed by atoms with Crippen molar-refractivity contribution in [3.63, 3.8) is 0 Å². The number of pyridine rings is 1. The van der Waals surface area contributed by atoms with Crippen molar-refractivity contribution in [1.82, 2.24) is 14.6 Å². The highest BCUT2D eigenvalue weighted by atomic mass is 16.1. The molecule has 90 valence electrons. The van der Waals surface area contributed by atoms with Gasteiger partial charge in [0, 0.05) is 11.6 Å². The summed E-state index contributed by atoms with van der Waals surface area (Å²) in [6.45, 7) is 0. The summed E-state index contributed by atoms with van der Waals surface area (Å²) < 4.78 is 1.57. The van der Waals surface area contributed by atoms with E-state index in [1.807, 2.05) is 12.3 Å². The molecule has 4 nitrogen and oxygen atoms in total. The fourth-order valence-electron chi connectivity index (χ4n) is 3.02. The van der Waals surface area contributed by atoms with Crippen molar-refractivity contribution in [2.24, 2.45) is 0 Å². The summed E-state index contributed by atoms with van der Waals surface area (Å²) in [5, 5.41) is 8.94. The van der Waals surface area contributed by atoms with E-state index in [2.05, 4.69) is 22.3 Å². The number of hydrogen-bond acceptors (Lipinski definition) is 2. The molecule has 0 saturated carbocycles. The number of benzene rings is 1. The fourth-order valence-corrected chi connectivity index (χ4v) is 3.02. The van der Waals surface area contributed by atoms with E-state index in [-0.39, 0.29) is 5.69 Å². The minimum Gasteiger partial charge on any atom is -0.250 e. The van der Waals surface area contributed by atoms with Gasteiger partial charge >= 0.3 is 5.69 Å². The number of aryl methyl sites for hydroxylation is 2. The lowest BCUT2D eigenvalue weighted by Crippen LogP contribution is -2.09. The molecule has 3 aromatic rings. The Bertz CT molecular complexity index is 813. The third-order valence-corrected chi connectivity index (χ3v) is 3.91. The smallest absolute Gasteiger partial charge is 0.250 e. The van der Waals surface area contributed by atoms with Crippen LogP contribution in [0.2, 0.25) is 0 Å². The quantitative estimate of drug-likeness (QED) is 0.652. The van der Waals surface area contributed by atoms with Gasteiger partial charge in [-0.25, -0.2) is 14.3 Å². The van der Waals surface area contributed by atoms with Crippen molar-refractivity contribution < 1.29 is 0 Å². The van der Waals surface area contributed by atoms with Crippen molar-refractivity contribution in [1.29, 1.82) is 0 Å². The highest BCUT2D eigenvalue weighted by Gasteiger charge is 2.14. The Morgan fingerprint density at radius 1 is 1.11 bits per heavy atom. The molecule has 0 fully saturated rings. The molecule has 0 unspecified atom stereocenters. The summed E-state index contributed by atoms with van der Waals surface area (Å²) in [5.41, 5.74) is 3.45. The Hall–Kier alpha value is -2.10. The van der Waals surface area contributed by atoms with Gasteiger partial charge in [-0.05, 0) is 48.3 Å². The van der Waals surface area contributed by atoms with Crippen LogP contribution in [0.4, 0.5) is 0 Å². The molecule has 2 heterocycles. The van der Waals surface area contributed by atoms with E-state index in [9.17, 15) is 4.79 Å². The van der Waals surface area contributed by atoms with Crippen LogP contribution in [0.25, 0.3) is 16.4 Å². The first-order valence-electron chi connectivity index (χ1n) is 6.35. The summed E-state index contributed by atoms with van der Waals surface area (Å²) in [6, 6.07) is 6.33. The van der Waals surface area contributed by atoms with Gasteiger partial charge < -0.3 is 0 Å². The number of H-pyrrole nitrogens is 1. The van der Waals surface area contributed by atoms with Gasteiger partial charge in [0.05, 0.1) is 0 Å². The number of rotatable bonds is 0. The summed E-state index contributed by atoms with van der Waals surface area (Å²) in [5.74, 6) is 0. The van der Waals surface area contributed by atoms with E-state index < -0.39 is 0 Å². The van der Waals surface area contributed by atoms with Crippen LogP contribution in [0.5, 0.6) is 0 Å². The largest absolute Gasteiger partial charge is 0.347 e. The number of aromatic nitrogens is 3. The van der Waals surface area contributed by atoms with E-state index in [4.69, 9.17) is 0 Å². The molecule has 0 aliphatic heterocycles. The molecule has 0 saturated heterocycles. The zero-order valence-electron chi connectivity index (χ0n) is 9.94. The molecule has 0 radical (unpaired) electrons. The molecule has 0 bridgehead atoms. The van der Waals surface area contributed by atoms with E-state index in [1.165, 1.54) is 35.8 Å². The second kappa shape index (κ2) is 3.45. The van der Waals surface area contributed by atoms with Crippen LogP contribution >= 0.6 is 0 Å². The lowest BCUT2D eigenvalue weighted by molar-refractivity contribution is 0.690. The first kappa shape index (κ1) is 9.88. The predicted octanol–water partition coefficient (Wildman–Crippen LogP) is 2.05. The maximum atomic E-state index is 11.6. The Labute approximate surface area is 103 Å². The van der Waals surface area contributed by atoms with Crippen molar-refractivity contribution in [2.75, 3.05) is 0 Å². The first-order chi connectivity index (χ1) is 8.84. The second-order valence-corrected chi connectivity index (χ2v) is 4.91. The molecule has 1 aromatic carbocycles. The van der Waals surface area contributed by atoms with E-state index in [0.29, 0.717) is 0 Å². The molecule has 4 heteroatoms. The molecule has 0 amide bonds. The van der Waals surface area contributed by atoms with Crippen LogP contribution in [0, 0.1) is 0 Å². The topological polar surface area (TPSA) is 50.2 Å². The lowest BCUT2D eigenvalue weighted by Gasteiger charge is -2.17. The maximum absolute atomic E-state index is 11.6. The monoisotopic (exact) mass is 239 g/mol. The lowest BCUT2D eigenvalue weighted by atomic mass is 9.88. The van der Waals surface area contributed by atoms with E-state index in [1.54, 1.807) is 4.40 Å². The Morgan fingerprint density at radius 3 is 2.94 bits per heavy atom. The van der Waals surface area contributed by atoms with Gasteiger partial charge in [-0.2, -0.15) is 5.10 Å². The molecule has 18 heavy (non-hydrogen) atoms. The van der Waals surface area contributed by atoms with Crippen LogP contribution in [-0.4, -0.2) is 14.6 Å². The van der Waals surface area contributed by atoms with Gasteiger partial charge in [-0.3, -0.25) is 0 Å². The predicted molar refractivity (Wildman–Crippen MR) is 70.0 cm³/mol. The van der Waals surface area contributed by atoms with Gasteiger partial charge in [0.25, 0.3) is 0 Å². The molecular formula is C14H13N3O. The van der Waals surface area contributed by atoms with Crippen LogP contribution in [0.15, 0.2) is 29.2 Å². The van der Waals surface area contributed by atoms with Crippen molar-refractivity contribution in [3.8, 4) is 0 Å². The summed E-state index contributed by atoms with van der Waals surface area (Å²) in [4.78, 5) is 11.6. The maximum Gasteiger partial charge on any atom is 0.347 e. The second-order valence-electron chi connectivity index (χ2n) is 4.91. The van der Waals surface area contributed by atoms with E-state index >= 15 is 0 Å². The van der Waals surface area contributed by atoms with Gasteiger partial charge in [-0.15, -0.1) is 0 Å². The van der Waals surface area contributed by atoms with Gasteiger partial charge in [0.1, 0.15) is 0 Å². The highest BCUT2D eigenvalue weighted by Crippen LogP contribution is 2.30. The number of nitrogens with one attached hydrogen (secondary N) is 1. The molecule has 0 spiro atoms. The summed E-state index contributed by atoms with van der Waals surface area (Å²) >= 11 is 0. The first-order valence-corrected chi connectivity index (χ1v) is 6.35. The Morgan fingerprint density at radius 2 is 2.00 bits per heavy atom. The Kier molecular flexibility index (Phi) is 1.89. The zero-order valence-corrected chi connectivity index (χ0v) is 9.94. The van der Waals surface area contributed by atoms with Crippen molar-refractivity contribution in [2.45, 2.75) is 25.7 Å². The fraction of sp³-hybridized carbons (Fsp3) is 0.286. The summed E-state index contributed by atoms with van der Waals surface area (Å²) in [6.07, 6.45) is 6.66. The van der Waals surface area contributed by atoms with Gasteiger partial charge in [0.15, 0.2) is 5.65 Å². The number of hydrogen-bond donors (Lipinski definition) is 1. The number of nitrogens with zero attached hydrogens (tertiary/aromatic N) is 2. The standard InChI is InChI=1S/C14H13N3O/c18-14-16-15-13-12-6-5-9-3-1-2-4-10(9)11(12)7-8-17(13)14/h5-8H,1-4H2,(H,16,18). The average molecular weight is 239 g/mol. The van der Waals surface area contributed by atoms with Crippen molar-refractivity contribution in [3.05, 3.63) is 46.0 Å². The normalized spacial score (nSPS) is 15.1. The van der Waals surface area contributed by atoms with Gasteiger partial charge in [0.2, 0.25) is 0 Å². The minimum absolute atomic E-state index is 0.176. The SMILES string of the molecule is O=c1[nH]nc2c3ccc4c(c3ccn12)CCCC4.